The van der Waals surface area contributed by atoms with Crippen molar-refractivity contribution in [1.82, 2.24) is 9.97 Å². The summed E-state index contributed by atoms with van der Waals surface area (Å²) in [6, 6.07) is 82.1. The maximum atomic E-state index is 5.22. The third-order valence-corrected chi connectivity index (χ3v) is 12.8. The van der Waals surface area contributed by atoms with Crippen molar-refractivity contribution in [2.45, 2.75) is 6.92 Å². The summed E-state index contributed by atoms with van der Waals surface area (Å²) in [6.07, 6.45) is 0. The summed E-state index contributed by atoms with van der Waals surface area (Å²) < 4.78 is 2.55. The molecule has 3 aromatic heterocycles. The Balaban J connectivity index is 0.977. The van der Waals surface area contributed by atoms with Crippen LogP contribution in [0.4, 0.5) is 0 Å². The maximum Gasteiger partial charge on any atom is 0.0800 e. The Labute approximate surface area is 366 Å². The van der Waals surface area contributed by atoms with E-state index in [4.69, 9.17) is 9.97 Å². The Morgan fingerprint density at radius 3 is 1.48 bits per heavy atom. The summed E-state index contributed by atoms with van der Waals surface area (Å²) in [6.45, 7) is 2.21. The van der Waals surface area contributed by atoms with E-state index in [1.807, 2.05) is 29.5 Å². The smallest absolute Gasteiger partial charge is 0.0800 e. The van der Waals surface area contributed by atoms with Gasteiger partial charge in [0.2, 0.25) is 0 Å². The molecule has 0 aliphatic heterocycles. The highest BCUT2D eigenvalue weighted by molar-refractivity contribution is 7.25. The molecule has 2 nitrogen and oxygen atoms in total. The van der Waals surface area contributed by atoms with Gasteiger partial charge in [-0.25, -0.2) is 9.97 Å². The minimum absolute atomic E-state index is 0.869. The topological polar surface area (TPSA) is 25.8 Å². The normalized spacial score (nSPS) is 11.2. The number of fused-ring (bicyclic) bond motifs is 3. The Kier molecular flexibility index (Phi) is 9.54. The predicted octanol–water partition coefficient (Wildman–Crippen LogP) is 16.1. The third-order valence-electron chi connectivity index (χ3n) is 11.6. The second-order valence-electron chi connectivity index (χ2n) is 15.7. The SMILES string of the molecule is Cc1cc2sc3ccc(-c4cccc(-c5cc(-c6ccccc6)cc(-c6ccccc6)n5)c4)cc3c2cc1-c1cc#cc(-c2cc(-c3ccccc3)cc(-c3ccccc3)n2)c1. The van der Waals surface area contributed by atoms with Gasteiger partial charge in [-0.15, -0.1) is 11.3 Å². The summed E-state index contributed by atoms with van der Waals surface area (Å²) in [5.74, 6) is 0. The van der Waals surface area contributed by atoms with Crippen molar-refractivity contribution >= 4 is 31.5 Å². The van der Waals surface area contributed by atoms with Crippen molar-refractivity contribution in [3.8, 4) is 89.5 Å². The van der Waals surface area contributed by atoms with Crippen LogP contribution in [0.3, 0.4) is 0 Å². The third kappa shape index (κ3) is 7.24. The van der Waals surface area contributed by atoms with Crippen molar-refractivity contribution in [3.63, 3.8) is 0 Å². The molecule has 290 valence electrons. The van der Waals surface area contributed by atoms with E-state index in [9.17, 15) is 0 Å². The van der Waals surface area contributed by atoms with E-state index in [-0.39, 0.29) is 0 Å². The summed E-state index contributed by atoms with van der Waals surface area (Å²) >= 11 is 1.85. The number of aromatic nitrogens is 2. The van der Waals surface area contributed by atoms with E-state index in [1.54, 1.807) is 0 Å². The second-order valence-corrected chi connectivity index (χ2v) is 16.8. The molecule has 0 aliphatic carbocycles. The van der Waals surface area contributed by atoms with Gasteiger partial charge in [0.15, 0.2) is 0 Å². The average Bonchev–Trinajstić information content (AvgIpc) is 3.71. The van der Waals surface area contributed by atoms with Crippen molar-refractivity contribution in [3.05, 3.63) is 230 Å². The van der Waals surface area contributed by atoms with Gasteiger partial charge in [-0.1, -0.05) is 158 Å². The highest BCUT2D eigenvalue weighted by Crippen LogP contribution is 2.41. The average molecular weight is 807 g/mol. The monoisotopic (exact) mass is 806 g/mol. The van der Waals surface area contributed by atoms with Gasteiger partial charge in [0.25, 0.3) is 0 Å². The molecule has 62 heavy (non-hydrogen) atoms. The fourth-order valence-corrected chi connectivity index (χ4v) is 9.61. The summed E-state index contributed by atoms with van der Waals surface area (Å²) in [5, 5.41) is 2.50. The molecule has 0 saturated heterocycles. The highest BCUT2D eigenvalue weighted by Gasteiger charge is 2.15. The first-order valence-electron chi connectivity index (χ1n) is 20.9. The van der Waals surface area contributed by atoms with Crippen molar-refractivity contribution in [2.24, 2.45) is 0 Å². The molecular weight excluding hydrogens is 769 g/mol. The Morgan fingerprint density at radius 1 is 0.355 bits per heavy atom. The minimum Gasteiger partial charge on any atom is -0.248 e. The molecule has 0 aliphatic rings. The standard InChI is InChI=1S/C59H38N2S/c1-39-30-59-53(38-51(39)46-25-15-27-48(32-46)57-37-50(41-18-8-3-9-19-41)35-55(61-57)43-22-12-5-13-23-43)52-33-45(28-29-58(52)62-59)44-24-14-26-47(31-44)56-36-49(40-16-6-2-7-17-40)34-54(60-56)42-20-10-4-11-21-42/h2-14,16-26,28-38H,1H3. The first-order valence-corrected chi connectivity index (χ1v) is 21.7. The van der Waals surface area contributed by atoms with Crippen LogP contribution in [0.15, 0.2) is 212 Å². The van der Waals surface area contributed by atoms with Gasteiger partial charge in [-0.3, -0.25) is 0 Å². The van der Waals surface area contributed by atoms with Gasteiger partial charge in [0, 0.05) is 36.9 Å². The molecule has 3 heteroatoms. The molecule has 3 heterocycles. The quantitative estimate of drug-likeness (QED) is 0.153. The van der Waals surface area contributed by atoms with Crippen LogP contribution in [-0.2, 0) is 0 Å². The van der Waals surface area contributed by atoms with Crippen LogP contribution in [0.25, 0.3) is 110 Å². The van der Waals surface area contributed by atoms with Crippen LogP contribution in [0.2, 0.25) is 0 Å². The molecule has 0 atom stereocenters. The number of hydrogen-bond donors (Lipinski definition) is 0. The van der Waals surface area contributed by atoms with Crippen molar-refractivity contribution in [2.75, 3.05) is 0 Å². The van der Waals surface area contributed by atoms with Crippen LogP contribution < -0.4 is 0 Å². The molecule has 0 unspecified atom stereocenters. The Bertz CT molecular complexity index is 3280. The van der Waals surface area contributed by atoms with E-state index in [0.717, 1.165) is 72.8 Å². The first-order chi connectivity index (χ1) is 30.6. The van der Waals surface area contributed by atoms with Gasteiger partial charge in [-0.05, 0) is 124 Å². The molecule has 11 rings (SSSR count). The van der Waals surface area contributed by atoms with E-state index in [0.29, 0.717) is 0 Å². The number of rotatable bonds is 8. The number of pyridine rings is 2. The fourth-order valence-electron chi connectivity index (χ4n) is 8.45. The van der Waals surface area contributed by atoms with Crippen LogP contribution in [0.5, 0.6) is 0 Å². The van der Waals surface area contributed by atoms with E-state index in [2.05, 4.69) is 213 Å². The van der Waals surface area contributed by atoms with E-state index < -0.39 is 0 Å². The number of nitrogens with zero attached hydrogens (tertiary/aromatic N) is 2. The van der Waals surface area contributed by atoms with E-state index >= 15 is 0 Å². The first kappa shape index (κ1) is 37.1. The molecule has 0 spiro atoms. The molecule has 0 radical (unpaired) electrons. The van der Waals surface area contributed by atoms with E-state index in [1.165, 1.54) is 42.4 Å². The zero-order valence-corrected chi connectivity index (χ0v) is 34.8. The number of thiophene rings is 1. The minimum atomic E-state index is 0.869. The molecule has 8 aromatic carbocycles. The lowest BCUT2D eigenvalue weighted by Gasteiger charge is -2.12. The zero-order valence-electron chi connectivity index (χ0n) is 34.0. The number of benzene rings is 7. The summed E-state index contributed by atoms with van der Waals surface area (Å²) in [5.41, 5.74) is 18.3. The summed E-state index contributed by atoms with van der Waals surface area (Å²) in [4.78, 5) is 10.4. The maximum absolute atomic E-state index is 5.22. The van der Waals surface area contributed by atoms with Crippen LogP contribution in [0.1, 0.15) is 5.56 Å². The van der Waals surface area contributed by atoms with Crippen molar-refractivity contribution < 1.29 is 0 Å². The molecule has 0 saturated carbocycles. The lowest BCUT2D eigenvalue weighted by atomic mass is 9.95. The Morgan fingerprint density at radius 2 is 0.855 bits per heavy atom. The number of hydrogen-bond acceptors (Lipinski definition) is 3. The molecule has 0 fully saturated rings. The number of aryl methyl sites for hydroxylation is 1. The molecular formula is C59H38N2S. The fraction of sp³-hybridized carbons (Fsp3) is 0.0169. The molecule has 11 aromatic rings. The molecule has 0 bridgehead atoms. The van der Waals surface area contributed by atoms with Gasteiger partial charge in [-0.2, -0.15) is 0 Å². The largest absolute Gasteiger partial charge is 0.248 e. The lowest BCUT2D eigenvalue weighted by molar-refractivity contribution is 1.32. The lowest BCUT2D eigenvalue weighted by Crippen LogP contribution is -1.91. The second kappa shape index (κ2) is 15.9. The van der Waals surface area contributed by atoms with Crippen LogP contribution >= 0.6 is 11.3 Å². The molecule has 0 N–H and O–H groups in total. The van der Waals surface area contributed by atoms with Gasteiger partial charge >= 0.3 is 0 Å². The van der Waals surface area contributed by atoms with Gasteiger partial charge in [0.1, 0.15) is 0 Å². The van der Waals surface area contributed by atoms with Crippen molar-refractivity contribution in [1.29, 1.82) is 0 Å². The van der Waals surface area contributed by atoms with Crippen LogP contribution in [-0.4, -0.2) is 9.97 Å². The summed E-state index contributed by atoms with van der Waals surface area (Å²) in [7, 11) is 0. The predicted molar refractivity (Wildman–Crippen MR) is 261 cm³/mol. The Hall–Kier alpha value is -7.90. The molecule has 0 amide bonds. The van der Waals surface area contributed by atoms with Gasteiger partial charge < -0.3 is 0 Å². The van der Waals surface area contributed by atoms with Gasteiger partial charge in [0.05, 0.1) is 28.3 Å². The zero-order chi connectivity index (χ0) is 41.4. The van der Waals surface area contributed by atoms with Crippen LogP contribution in [0, 0.1) is 19.1 Å². The highest BCUT2D eigenvalue weighted by atomic mass is 32.1.